The number of piperidine rings is 2. The number of ether oxygens (including phenoxy) is 1. The number of nitrogens with zero attached hydrogens (tertiary/aromatic N) is 4. The normalized spacial score (nSPS) is 21.2. The summed E-state index contributed by atoms with van der Waals surface area (Å²) in [6.45, 7) is 10.2. The third kappa shape index (κ3) is 7.38. The van der Waals surface area contributed by atoms with Crippen LogP contribution in [0.3, 0.4) is 0 Å². The van der Waals surface area contributed by atoms with E-state index in [1.165, 1.54) is 4.90 Å². The molecule has 0 atom stereocenters. The molecule has 34 heavy (non-hydrogen) atoms. The van der Waals surface area contributed by atoms with Crippen molar-refractivity contribution in [1.82, 2.24) is 24.6 Å². The Morgan fingerprint density at radius 1 is 0.941 bits per heavy atom. The average Bonchev–Trinajstić information content (AvgIpc) is 2.85. The standard InChI is InChI=1S/C23H35N5O4.C2H6/c1-25-10-4-19(5-11-25)32-20-6-12-26(13-7-20)15-16-27-9-2-3-18(22(27)30)17-28-14-8-21(29)24-23(28)31;1-2/h2-3,9,19-20H,4-8,10-17H2,1H3,(H,24,29,31);1-2H3. The van der Waals surface area contributed by atoms with Gasteiger partial charge in [0.05, 0.1) is 18.8 Å². The number of likely N-dealkylation sites (tertiary alicyclic amines) is 2. The van der Waals surface area contributed by atoms with E-state index in [0.29, 0.717) is 30.9 Å². The molecule has 1 N–H and O–H groups in total. The van der Waals surface area contributed by atoms with Crippen LogP contribution in [0.25, 0.3) is 0 Å². The minimum absolute atomic E-state index is 0.0716. The molecule has 3 fully saturated rings. The Hall–Kier alpha value is -2.23. The van der Waals surface area contributed by atoms with E-state index in [4.69, 9.17) is 4.74 Å². The van der Waals surface area contributed by atoms with Crippen LogP contribution in [0.5, 0.6) is 0 Å². The molecule has 3 aliphatic rings. The lowest BCUT2D eigenvalue weighted by atomic mass is 10.0. The molecule has 0 bridgehead atoms. The van der Waals surface area contributed by atoms with Crippen molar-refractivity contribution in [1.29, 1.82) is 0 Å². The lowest BCUT2D eigenvalue weighted by Gasteiger charge is -2.36. The second-order valence-electron chi connectivity index (χ2n) is 9.24. The van der Waals surface area contributed by atoms with Gasteiger partial charge in [-0.2, -0.15) is 0 Å². The second kappa shape index (κ2) is 13.0. The van der Waals surface area contributed by atoms with E-state index >= 15 is 0 Å². The third-order valence-electron chi connectivity index (χ3n) is 6.84. The monoisotopic (exact) mass is 475 g/mol. The molecule has 9 heteroatoms. The Balaban J connectivity index is 0.00000158. The summed E-state index contributed by atoms with van der Waals surface area (Å²) < 4.78 is 8.07. The summed E-state index contributed by atoms with van der Waals surface area (Å²) in [7, 11) is 2.17. The minimum atomic E-state index is -0.429. The SMILES string of the molecule is CC.CN1CCC(OC2CCN(CCn3cccc(CN4CCC(=O)NC4=O)c3=O)CC2)CC1. The van der Waals surface area contributed by atoms with Gasteiger partial charge in [-0.05, 0) is 38.8 Å². The number of pyridine rings is 1. The number of carbonyl (C=O) groups is 2. The van der Waals surface area contributed by atoms with E-state index in [1.54, 1.807) is 10.6 Å². The lowest BCUT2D eigenvalue weighted by Crippen LogP contribution is -2.49. The van der Waals surface area contributed by atoms with Gasteiger partial charge >= 0.3 is 6.03 Å². The summed E-state index contributed by atoms with van der Waals surface area (Å²) in [5.74, 6) is -0.266. The number of hydrogen-bond donors (Lipinski definition) is 1. The van der Waals surface area contributed by atoms with Gasteiger partial charge in [0.1, 0.15) is 0 Å². The van der Waals surface area contributed by atoms with Gasteiger partial charge in [-0.15, -0.1) is 0 Å². The lowest BCUT2D eigenvalue weighted by molar-refractivity contribution is -0.121. The maximum Gasteiger partial charge on any atom is 0.324 e. The molecule has 4 heterocycles. The number of urea groups is 1. The van der Waals surface area contributed by atoms with Gasteiger partial charge in [0.2, 0.25) is 5.91 Å². The van der Waals surface area contributed by atoms with Crippen molar-refractivity contribution < 1.29 is 14.3 Å². The van der Waals surface area contributed by atoms with Crippen molar-refractivity contribution in [2.24, 2.45) is 0 Å². The number of imide groups is 1. The molecule has 190 valence electrons. The van der Waals surface area contributed by atoms with E-state index < -0.39 is 6.03 Å². The molecule has 0 unspecified atom stereocenters. The molecule has 3 aliphatic heterocycles. The summed E-state index contributed by atoms with van der Waals surface area (Å²) in [4.78, 5) is 42.4. The molecule has 0 aliphatic carbocycles. The fourth-order valence-corrected chi connectivity index (χ4v) is 4.75. The Morgan fingerprint density at radius 2 is 1.59 bits per heavy atom. The van der Waals surface area contributed by atoms with Crippen molar-refractivity contribution in [3.8, 4) is 0 Å². The van der Waals surface area contributed by atoms with Crippen molar-refractivity contribution in [3.63, 3.8) is 0 Å². The van der Waals surface area contributed by atoms with Gasteiger partial charge < -0.3 is 24.0 Å². The zero-order chi connectivity index (χ0) is 24.5. The zero-order valence-corrected chi connectivity index (χ0v) is 21.0. The maximum atomic E-state index is 12.9. The largest absolute Gasteiger partial charge is 0.375 e. The van der Waals surface area contributed by atoms with Gasteiger partial charge in [0.25, 0.3) is 5.56 Å². The van der Waals surface area contributed by atoms with Crippen molar-refractivity contribution >= 4 is 11.9 Å². The van der Waals surface area contributed by atoms with Crippen LogP contribution < -0.4 is 10.9 Å². The molecule has 9 nitrogen and oxygen atoms in total. The van der Waals surface area contributed by atoms with Crippen LogP contribution >= 0.6 is 0 Å². The van der Waals surface area contributed by atoms with Crippen molar-refractivity contribution in [2.45, 2.75) is 71.2 Å². The van der Waals surface area contributed by atoms with Gasteiger partial charge in [-0.1, -0.05) is 19.9 Å². The molecule has 1 aromatic rings. The van der Waals surface area contributed by atoms with Crippen LogP contribution in [0, 0.1) is 0 Å². The first-order valence-corrected chi connectivity index (χ1v) is 12.8. The number of aromatic nitrogens is 1. The van der Waals surface area contributed by atoms with Crippen LogP contribution in [-0.4, -0.2) is 89.7 Å². The number of hydrogen-bond acceptors (Lipinski definition) is 6. The fraction of sp³-hybridized carbons (Fsp3) is 0.720. The van der Waals surface area contributed by atoms with Crippen LogP contribution in [0.4, 0.5) is 4.79 Å². The summed E-state index contributed by atoms with van der Waals surface area (Å²) in [6.07, 6.45) is 7.19. The van der Waals surface area contributed by atoms with E-state index in [-0.39, 0.29) is 24.4 Å². The Bertz CT molecular complexity index is 857. The van der Waals surface area contributed by atoms with E-state index in [1.807, 2.05) is 26.1 Å². The summed E-state index contributed by atoms with van der Waals surface area (Å²) in [5, 5.41) is 2.30. The van der Waals surface area contributed by atoms with Gasteiger partial charge in [0.15, 0.2) is 0 Å². The van der Waals surface area contributed by atoms with E-state index in [0.717, 1.165) is 58.4 Å². The number of nitrogens with one attached hydrogen (secondary N) is 1. The highest BCUT2D eigenvalue weighted by atomic mass is 16.5. The minimum Gasteiger partial charge on any atom is -0.375 e. The average molecular weight is 476 g/mol. The Morgan fingerprint density at radius 3 is 2.24 bits per heavy atom. The smallest absolute Gasteiger partial charge is 0.324 e. The highest BCUT2D eigenvalue weighted by molar-refractivity contribution is 5.96. The molecule has 0 saturated carbocycles. The van der Waals surface area contributed by atoms with Gasteiger partial charge in [0, 0.05) is 64.0 Å². The Kier molecular flexibility index (Phi) is 10.1. The molecular weight excluding hydrogens is 434 g/mol. The van der Waals surface area contributed by atoms with Crippen molar-refractivity contribution in [3.05, 3.63) is 34.2 Å². The van der Waals surface area contributed by atoms with Crippen LogP contribution in [0.2, 0.25) is 0 Å². The number of rotatable bonds is 7. The first-order chi connectivity index (χ1) is 16.5. The zero-order valence-electron chi connectivity index (χ0n) is 21.0. The van der Waals surface area contributed by atoms with E-state index in [9.17, 15) is 14.4 Å². The van der Waals surface area contributed by atoms with Crippen molar-refractivity contribution in [2.75, 3.05) is 46.3 Å². The molecule has 0 aromatic carbocycles. The Labute approximate surface area is 203 Å². The summed E-state index contributed by atoms with van der Waals surface area (Å²) in [5.41, 5.74) is 0.500. The molecule has 0 radical (unpaired) electrons. The predicted molar refractivity (Wildman–Crippen MR) is 132 cm³/mol. The first-order valence-electron chi connectivity index (χ1n) is 12.8. The molecule has 0 spiro atoms. The summed E-state index contributed by atoms with van der Waals surface area (Å²) >= 11 is 0. The quantitative estimate of drug-likeness (QED) is 0.648. The molecule has 3 saturated heterocycles. The summed E-state index contributed by atoms with van der Waals surface area (Å²) in [6, 6.07) is 3.18. The number of amides is 3. The highest BCUT2D eigenvalue weighted by Gasteiger charge is 2.26. The topological polar surface area (TPSA) is 87.1 Å². The first kappa shape index (κ1) is 26.4. The molecule has 4 rings (SSSR count). The third-order valence-corrected chi connectivity index (χ3v) is 6.84. The maximum absolute atomic E-state index is 12.9. The van der Waals surface area contributed by atoms with Gasteiger partial charge in [-0.25, -0.2) is 4.79 Å². The highest BCUT2D eigenvalue weighted by Crippen LogP contribution is 2.20. The predicted octanol–water partition coefficient (Wildman–Crippen LogP) is 1.89. The second-order valence-corrected chi connectivity index (χ2v) is 9.24. The van der Waals surface area contributed by atoms with Crippen LogP contribution in [0.1, 0.15) is 51.5 Å². The molecular formula is C25H41N5O4. The van der Waals surface area contributed by atoms with Crippen LogP contribution in [0.15, 0.2) is 23.1 Å². The molecule has 3 amide bonds. The molecule has 1 aromatic heterocycles. The van der Waals surface area contributed by atoms with Gasteiger partial charge in [-0.3, -0.25) is 14.9 Å². The number of carbonyl (C=O) groups excluding carboxylic acids is 2. The van der Waals surface area contributed by atoms with E-state index in [2.05, 4.69) is 22.2 Å². The fourth-order valence-electron chi connectivity index (χ4n) is 4.75. The van der Waals surface area contributed by atoms with Crippen LogP contribution in [-0.2, 0) is 22.6 Å².